The average molecular weight is 337 g/mol. The summed E-state index contributed by atoms with van der Waals surface area (Å²) >= 11 is 14.6. The first-order valence-corrected chi connectivity index (χ1v) is 6.05. The highest BCUT2D eigenvalue weighted by atomic mass is 79.9. The molecule has 88 valence electrons. The molecule has 0 aliphatic heterocycles. The average Bonchev–Trinajstić information content (AvgIpc) is 2.26. The molecule has 0 fully saturated rings. The Kier molecular flexibility index (Phi) is 3.86. The lowest BCUT2D eigenvalue weighted by atomic mass is 10.3. The van der Waals surface area contributed by atoms with Crippen molar-refractivity contribution in [2.24, 2.45) is 0 Å². The molecule has 1 aromatic carbocycles. The molecular formula is C11H5BrCl2FNO. The van der Waals surface area contributed by atoms with Gasteiger partial charge in [-0.25, -0.2) is 9.37 Å². The van der Waals surface area contributed by atoms with E-state index in [1.165, 1.54) is 24.4 Å². The van der Waals surface area contributed by atoms with Crippen molar-refractivity contribution in [2.45, 2.75) is 0 Å². The molecule has 0 radical (unpaired) electrons. The van der Waals surface area contributed by atoms with E-state index in [9.17, 15) is 4.39 Å². The number of hydrogen-bond acceptors (Lipinski definition) is 2. The molecule has 0 unspecified atom stereocenters. The summed E-state index contributed by atoms with van der Waals surface area (Å²) in [6.07, 6.45) is 1.50. The van der Waals surface area contributed by atoms with Crippen molar-refractivity contribution in [1.82, 2.24) is 4.98 Å². The number of nitrogens with zero attached hydrogens (tertiary/aromatic N) is 1. The van der Waals surface area contributed by atoms with E-state index in [-0.39, 0.29) is 5.02 Å². The van der Waals surface area contributed by atoms with Gasteiger partial charge in [0.05, 0.1) is 9.50 Å². The van der Waals surface area contributed by atoms with Crippen LogP contribution in [-0.2, 0) is 0 Å². The van der Waals surface area contributed by atoms with Gasteiger partial charge >= 0.3 is 0 Å². The second kappa shape index (κ2) is 5.21. The molecule has 1 heterocycles. The minimum Gasteiger partial charge on any atom is -0.456 e. The van der Waals surface area contributed by atoms with E-state index in [2.05, 4.69) is 20.9 Å². The monoisotopic (exact) mass is 335 g/mol. The van der Waals surface area contributed by atoms with Crippen LogP contribution >= 0.6 is 39.1 Å². The van der Waals surface area contributed by atoms with E-state index in [0.29, 0.717) is 21.1 Å². The molecule has 0 N–H and O–H groups in total. The lowest BCUT2D eigenvalue weighted by Gasteiger charge is -2.08. The molecule has 0 amide bonds. The Bertz CT molecular complexity index is 565. The maximum atomic E-state index is 13.3. The van der Waals surface area contributed by atoms with Crippen molar-refractivity contribution in [3.63, 3.8) is 0 Å². The Balaban J connectivity index is 2.33. The highest BCUT2D eigenvalue weighted by Crippen LogP contribution is 2.33. The van der Waals surface area contributed by atoms with E-state index in [1.807, 2.05) is 0 Å². The van der Waals surface area contributed by atoms with Crippen LogP contribution in [0.3, 0.4) is 0 Å². The van der Waals surface area contributed by atoms with Gasteiger partial charge in [0.25, 0.3) is 0 Å². The minimum atomic E-state index is -0.551. The summed E-state index contributed by atoms with van der Waals surface area (Å²) in [5.74, 6) is 0.228. The fourth-order valence-electron chi connectivity index (χ4n) is 1.16. The van der Waals surface area contributed by atoms with E-state index in [0.717, 1.165) is 0 Å². The second-order valence-electron chi connectivity index (χ2n) is 3.11. The van der Waals surface area contributed by atoms with Crippen molar-refractivity contribution in [3.05, 3.63) is 50.9 Å². The van der Waals surface area contributed by atoms with Crippen molar-refractivity contribution in [3.8, 4) is 11.5 Å². The predicted octanol–water partition coefficient (Wildman–Crippen LogP) is 5.08. The van der Waals surface area contributed by atoms with E-state index in [4.69, 9.17) is 27.9 Å². The summed E-state index contributed by atoms with van der Waals surface area (Å²) in [5, 5.41) is 0.324. The zero-order chi connectivity index (χ0) is 12.4. The van der Waals surface area contributed by atoms with E-state index in [1.54, 1.807) is 6.07 Å². The number of rotatable bonds is 2. The highest BCUT2D eigenvalue weighted by Gasteiger charge is 2.09. The third kappa shape index (κ3) is 3.09. The van der Waals surface area contributed by atoms with Gasteiger partial charge in [-0.1, -0.05) is 23.2 Å². The maximum Gasteiger partial charge on any atom is 0.145 e. The number of ether oxygens (including phenoxy) is 1. The Labute approximate surface area is 115 Å². The largest absolute Gasteiger partial charge is 0.456 e. The Morgan fingerprint density at radius 2 is 2.00 bits per heavy atom. The molecule has 0 atom stereocenters. The van der Waals surface area contributed by atoms with Crippen molar-refractivity contribution in [1.29, 1.82) is 0 Å². The molecule has 0 saturated carbocycles. The van der Waals surface area contributed by atoms with Crippen LogP contribution in [-0.4, -0.2) is 4.98 Å². The summed E-state index contributed by atoms with van der Waals surface area (Å²) < 4.78 is 19.3. The molecule has 6 heteroatoms. The van der Waals surface area contributed by atoms with Crippen LogP contribution < -0.4 is 4.74 Å². The van der Waals surface area contributed by atoms with Crippen LogP contribution in [0, 0.1) is 5.82 Å². The van der Waals surface area contributed by atoms with Gasteiger partial charge in [-0.2, -0.15) is 0 Å². The molecule has 0 aliphatic carbocycles. The van der Waals surface area contributed by atoms with Crippen LogP contribution in [0.15, 0.2) is 34.9 Å². The molecule has 2 aromatic rings. The van der Waals surface area contributed by atoms with Gasteiger partial charge in [-0.05, 0) is 28.1 Å². The molecule has 0 bridgehead atoms. The van der Waals surface area contributed by atoms with Gasteiger partial charge < -0.3 is 4.74 Å². The summed E-state index contributed by atoms with van der Waals surface area (Å²) in [5.41, 5.74) is 0. The summed E-state index contributed by atoms with van der Waals surface area (Å²) in [6.45, 7) is 0. The van der Waals surface area contributed by atoms with Crippen LogP contribution in [0.1, 0.15) is 0 Å². The molecule has 0 spiro atoms. The third-order valence-corrected chi connectivity index (χ3v) is 3.02. The lowest BCUT2D eigenvalue weighted by Crippen LogP contribution is -1.88. The van der Waals surface area contributed by atoms with Crippen LogP contribution in [0.4, 0.5) is 4.39 Å². The fourth-order valence-corrected chi connectivity index (χ4v) is 2.04. The van der Waals surface area contributed by atoms with Crippen LogP contribution in [0.25, 0.3) is 0 Å². The zero-order valence-corrected chi connectivity index (χ0v) is 11.4. The molecule has 2 rings (SSSR count). The maximum absolute atomic E-state index is 13.3. The van der Waals surface area contributed by atoms with Crippen molar-refractivity contribution in [2.75, 3.05) is 0 Å². The predicted molar refractivity (Wildman–Crippen MR) is 68.4 cm³/mol. The number of pyridine rings is 1. The van der Waals surface area contributed by atoms with Crippen molar-refractivity contribution >= 4 is 39.1 Å². The molecule has 2 nitrogen and oxygen atoms in total. The van der Waals surface area contributed by atoms with Gasteiger partial charge in [0.15, 0.2) is 0 Å². The number of aromatic nitrogens is 1. The summed E-state index contributed by atoms with van der Waals surface area (Å²) in [4.78, 5) is 3.81. The van der Waals surface area contributed by atoms with E-state index < -0.39 is 5.82 Å². The summed E-state index contributed by atoms with van der Waals surface area (Å²) in [6, 6.07) is 5.76. The smallest absolute Gasteiger partial charge is 0.145 e. The van der Waals surface area contributed by atoms with Gasteiger partial charge in [0.2, 0.25) is 0 Å². The Morgan fingerprint density at radius 3 is 2.71 bits per heavy atom. The van der Waals surface area contributed by atoms with Gasteiger partial charge in [-0.15, -0.1) is 0 Å². The first-order chi connectivity index (χ1) is 8.06. The van der Waals surface area contributed by atoms with Gasteiger partial charge in [0, 0.05) is 18.3 Å². The van der Waals surface area contributed by atoms with E-state index >= 15 is 0 Å². The third-order valence-electron chi connectivity index (χ3n) is 1.90. The molecule has 17 heavy (non-hydrogen) atoms. The second-order valence-corrected chi connectivity index (χ2v) is 4.76. The summed E-state index contributed by atoms with van der Waals surface area (Å²) in [7, 11) is 0. The Hall–Kier alpha value is -0.840. The van der Waals surface area contributed by atoms with Crippen LogP contribution in [0.5, 0.6) is 11.5 Å². The van der Waals surface area contributed by atoms with Gasteiger partial charge in [-0.3, -0.25) is 0 Å². The SMILES string of the molecule is Fc1cc(Oc2ccnc(Cl)c2)c(Br)cc1Cl. The fraction of sp³-hybridized carbons (Fsp3) is 0. The number of halogens is 4. The molecular weight excluding hydrogens is 332 g/mol. The standard InChI is InChI=1S/C11H5BrCl2FNO/c12-7-4-8(13)9(15)5-10(7)17-6-1-2-16-11(14)3-6/h1-5H. The minimum absolute atomic E-state index is 0.0250. The molecule has 1 aromatic heterocycles. The van der Waals surface area contributed by atoms with Crippen LogP contribution in [0.2, 0.25) is 10.2 Å². The normalized spacial score (nSPS) is 10.4. The zero-order valence-electron chi connectivity index (χ0n) is 8.25. The number of benzene rings is 1. The topological polar surface area (TPSA) is 22.1 Å². The molecule has 0 aliphatic rings. The lowest BCUT2D eigenvalue weighted by molar-refractivity contribution is 0.473. The highest BCUT2D eigenvalue weighted by molar-refractivity contribution is 9.10. The molecule has 0 saturated heterocycles. The first-order valence-electron chi connectivity index (χ1n) is 4.50. The Morgan fingerprint density at radius 1 is 1.24 bits per heavy atom. The van der Waals surface area contributed by atoms with Gasteiger partial charge in [0.1, 0.15) is 22.5 Å². The van der Waals surface area contributed by atoms with Crippen molar-refractivity contribution < 1.29 is 9.13 Å². The quantitative estimate of drug-likeness (QED) is 0.563. The first kappa shape index (κ1) is 12.6. The number of hydrogen-bond donors (Lipinski definition) is 0.